The lowest BCUT2D eigenvalue weighted by molar-refractivity contribution is 0.576. The van der Waals surface area contributed by atoms with Gasteiger partial charge in [-0.25, -0.2) is 0 Å². The summed E-state index contributed by atoms with van der Waals surface area (Å²) in [6.07, 6.45) is 19.5. The number of furan rings is 1. The zero-order valence-corrected chi connectivity index (χ0v) is 29.7. The molecular weight excluding hydrogens is 641 g/mol. The van der Waals surface area contributed by atoms with Gasteiger partial charge < -0.3 is 4.42 Å². The summed E-state index contributed by atoms with van der Waals surface area (Å²) in [6.45, 7) is 0. The van der Waals surface area contributed by atoms with Gasteiger partial charge in [-0.05, 0) is 92.6 Å². The fourth-order valence-corrected chi connectivity index (χ4v) is 9.96. The minimum absolute atomic E-state index is 0.302. The molecule has 5 atom stereocenters. The number of hydrogen-bond acceptors (Lipinski definition) is 1. The van der Waals surface area contributed by atoms with Crippen LogP contribution in [0.4, 0.5) is 0 Å². The average molecular weight is 681 g/mol. The van der Waals surface area contributed by atoms with Crippen LogP contribution in [0.25, 0.3) is 44.7 Å². The molecule has 4 aliphatic rings. The highest BCUT2D eigenvalue weighted by molar-refractivity contribution is 5.95. The summed E-state index contributed by atoms with van der Waals surface area (Å²) in [5.41, 5.74) is 14.6. The summed E-state index contributed by atoms with van der Waals surface area (Å²) in [5, 5.41) is 3.94. The van der Waals surface area contributed by atoms with Gasteiger partial charge in [-0.15, -0.1) is 0 Å². The molecule has 1 heterocycles. The van der Waals surface area contributed by atoms with E-state index in [2.05, 4.69) is 176 Å². The van der Waals surface area contributed by atoms with Crippen LogP contribution < -0.4 is 0 Å². The second kappa shape index (κ2) is 12.3. The van der Waals surface area contributed by atoms with Crippen LogP contribution in [0.5, 0.6) is 0 Å². The van der Waals surface area contributed by atoms with E-state index in [0.29, 0.717) is 29.6 Å². The summed E-state index contributed by atoms with van der Waals surface area (Å²) in [4.78, 5) is 0. The van der Waals surface area contributed by atoms with E-state index in [1.165, 1.54) is 71.8 Å². The number of rotatable bonds is 4. The van der Waals surface area contributed by atoms with Crippen LogP contribution in [0.3, 0.4) is 0 Å². The molecule has 53 heavy (non-hydrogen) atoms. The van der Waals surface area contributed by atoms with Gasteiger partial charge in [0.1, 0.15) is 11.3 Å². The topological polar surface area (TPSA) is 13.1 Å². The number of hydrogen-bond donors (Lipinski definition) is 0. The molecule has 0 saturated carbocycles. The van der Waals surface area contributed by atoms with Crippen molar-refractivity contribution in [2.24, 2.45) is 5.92 Å². The molecule has 0 saturated heterocycles. The molecule has 7 aromatic rings. The molecule has 0 fully saturated rings. The van der Waals surface area contributed by atoms with Crippen LogP contribution in [0.1, 0.15) is 81.0 Å². The maximum atomic E-state index is 6.70. The molecule has 11 rings (SSSR count). The summed E-state index contributed by atoms with van der Waals surface area (Å²) in [5.74, 6) is 2.98. The lowest BCUT2D eigenvalue weighted by Gasteiger charge is -2.30. The van der Waals surface area contributed by atoms with Crippen LogP contribution in [0.2, 0.25) is 0 Å². The highest BCUT2D eigenvalue weighted by Crippen LogP contribution is 2.49. The number of fused-ring (bicyclic) bond motifs is 10. The molecule has 5 unspecified atom stereocenters. The van der Waals surface area contributed by atoms with Crippen molar-refractivity contribution >= 4 is 33.4 Å². The Morgan fingerprint density at radius 1 is 0.585 bits per heavy atom. The maximum Gasteiger partial charge on any atom is 0.138 e. The first-order valence-electron chi connectivity index (χ1n) is 19.3. The fraction of sp³-hybridized carbons (Fsp3) is 0.154. The van der Waals surface area contributed by atoms with Crippen molar-refractivity contribution in [2.45, 2.75) is 42.9 Å². The van der Waals surface area contributed by atoms with Crippen molar-refractivity contribution in [3.05, 3.63) is 214 Å². The van der Waals surface area contributed by atoms with Gasteiger partial charge in [0, 0.05) is 40.2 Å². The average Bonchev–Trinajstić information content (AvgIpc) is 3.61. The van der Waals surface area contributed by atoms with Gasteiger partial charge in [0.15, 0.2) is 0 Å². The Morgan fingerprint density at radius 3 is 2.28 bits per heavy atom. The molecule has 0 aliphatic heterocycles. The van der Waals surface area contributed by atoms with E-state index in [1.807, 2.05) is 0 Å². The molecular formula is C52H40O. The first-order valence-corrected chi connectivity index (χ1v) is 19.3. The maximum absolute atomic E-state index is 6.70. The van der Waals surface area contributed by atoms with E-state index >= 15 is 0 Å². The molecule has 1 nitrogen and oxygen atoms in total. The van der Waals surface area contributed by atoms with Crippen molar-refractivity contribution < 1.29 is 4.42 Å². The van der Waals surface area contributed by atoms with Crippen molar-refractivity contribution in [3.8, 4) is 11.3 Å². The zero-order chi connectivity index (χ0) is 34.9. The van der Waals surface area contributed by atoms with E-state index in [1.54, 1.807) is 0 Å². The Morgan fingerprint density at radius 2 is 1.40 bits per heavy atom. The number of allylic oxidation sites excluding steroid dienone is 7. The normalized spacial score (nSPS) is 22.6. The third-order valence-electron chi connectivity index (χ3n) is 12.6. The first-order chi connectivity index (χ1) is 26.2. The second-order valence-electron chi connectivity index (χ2n) is 15.5. The van der Waals surface area contributed by atoms with Gasteiger partial charge in [0.25, 0.3) is 0 Å². The lowest BCUT2D eigenvalue weighted by atomic mass is 9.73. The van der Waals surface area contributed by atoms with Crippen LogP contribution in [-0.4, -0.2) is 0 Å². The van der Waals surface area contributed by atoms with Crippen LogP contribution in [-0.2, 0) is 6.42 Å². The molecule has 0 N–H and O–H groups in total. The summed E-state index contributed by atoms with van der Waals surface area (Å²) < 4.78 is 6.70. The smallest absolute Gasteiger partial charge is 0.138 e. The standard InChI is InChI=1S/C52H40O/c1-3-11-33(12-4-1)39-28-40(36-20-23-43-38(27-36)21-25-45-42-16-8-7-15-35(42)19-24-46(43)45)30-41(29-39)37-22-26-51-49(31-37)50-32-48(34-13-5-2-6-14-34)44-17-9-10-18-47(44)52(50)53-51/h1-27,30-31,35,39-40,42,48H,28-29,32H2. The second-order valence-corrected chi connectivity index (χ2v) is 15.5. The lowest BCUT2D eigenvalue weighted by Crippen LogP contribution is -2.14. The first kappa shape index (κ1) is 30.7. The predicted octanol–water partition coefficient (Wildman–Crippen LogP) is 13.5. The molecule has 0 bridgehead atoms. The van der Waals surface area contributed by atoms with E-state index in [4.69, 9.17) is 4.42 Å². The SMILES string of the molecule is C1=CC2C=Cc3c(ccc4cc(C5C=C(c6ccc7oc8c(c7c6)CC(c6ccccc6)c6ccccc6-8)CC(c6ccccc6)C5)ccc34)C2C=C1. The Kier molecular flexibility index (Phi) is 7.15. The Bertz CT molecular complexity index is 2670. The Labute approximate surface area is 311 Å². The van der Waals surface area contributed by atoms with Crippen molar-refractivity contribution in [1.82, 2.24) is 0 Å². The largest absolute Gasteiger partial charge is 0.456 e. The molecule has 0 amide bonds. The van der Waals surface area contributed by atoms with E-state index < -0.39 is 0 Å². The predicted molar refractivity (Wildman–Crippen MR) is 220 cm³/mol. The molecule has 1 heteroatoms. The fourth-order valence-electron chi connectivity index (χ4n) is 9.96. The van der Waals surface area contributed by atoms with Crippen molar-refractivity contribution in [1.29, 1.82) is 0 Å². The molecule has 1 aromatic heterocycles. The molecule has 6 aromatic carbocycles. The third kappa shape index (κ3) is 5.13. The van der Waals surface area contributed by atoms with Crippen molar-refractivity contribution in [2.75, 3.05) is 0 Å². The van der Waals surface area contributed by atoms with Crippen LogP contribution in [0.15, 0.2) is 174 Å². The Hall–Kier alpha value is -5.92. The highest BCUT2D eigenvalue weighted by Gasteiger charge is 2.32. The zero-order valence-electron chi connectivity index (χ0n) is 29.7. The third-order valence-corrected chi connectivity index (χ3v) is 12.6. The van der Waals surface area contributed by atoms with Gasteiger partial charge >= 0.3 is 0 Å². The van der Waals surface area contributed by atoms with E-state index in [-0.39, 0.29) is 0 Å². The molecule has 4 aliphatic carbocycles. The van der Waals surface area contributed by atoms with Gasteiger partial charge in [-0.2, -0.15) is 0 Å². The summed E-state index contributed by atoms with van der Waals surface area (Å²) >= 11 is 0. The monoisotopic (exact) mass is 680 g/mol. The van der Waals surface area contributed by atoms with Crippen LogP contribution >= 0.6 is 0 Å². The molecule has 254 valence electrons. The van der Waals surface area contributed by atoms with Crippen LogP contribution in [0, 0.1) is 5.92 Å². The van der Waals surface area contributed by atoms with Gasteiger partial charge in [0.05, 0.1) is 0 Å². The van der Waals surface area contributed by atoms with Gasteiger partial charge in [0.2, 0.25) is 0 Å². The highest BCUT2D eigenvalue weighted by atomic mass is 16.3. The minimum Gasteiger partial charge on any atom is -0.456 e. The molecule has 0 spiro atoms. The summed E-state index contributed by atoms with van der Waals surface area (Å²) in [7, 11) is 0. The quantitative estimate of drug-likeness (QED) is 0.180. The van der Waals surface area contributed by atoms with Crippen molar-refractivity contribution in [3.63, 3.8) is 0 Å². The molecule has 0 radical (unpaired) electrons. The summed E-state index contributed by atoms with van der Waals surface area (Å²) in [6, 6.07) is 49.9. The number of benzene rings is 6. The Balaban J connectivity index is 1.00. The van der Waals surface area contributed by atoms with Gasteiger partial charge in [-0.3, -0.25) is 0 Å². The van der Waals surface area contributed by atoms with Gasteiger partial charge in [-0.1, -0.05) is 164 Å². The van der Waals surface area contributed by atoms with E-state index in [9.17, 15) is 0 Å². The van der Waals surface area contributed by atoms with E-state index in [0.717, 1.165) is 30.6 Å². The minimum atomic E-state index is 0.302.